The molecule has 150 valence electrons. The van der Waals surface area contributed by atoms with Crippen LogP contribution in [0.25, 0.3) is 0 Å². The highest BCUT2D eigenvalue weighted by atomic mass is 32.2. The molecule has 3 aromatic heterocycles. The van der Waals surface area contributed by atoms with Crippen LogP contribution in [0.4, 0.5) is 10.5 Å². The van der Waals surface area contributed by atoms with Crippen molar-refractivity contribution in [1.82, 2.24) is 25.1 Å². The quantitative estimate of drug-likeness (QED) is 0.472. The van der Waals surface area contributed by atoms with E-state index < -0.39 is 0 Å². The Morgan fingerprint density at radius 3 is 2.63 bits per heavy atom. The summed E-state index contributed by atoms with van der Waals surface area (Å²) in [7, 11) is 0. The largest absolute Gasteiger partial charge is 0.334 e. The molecule has 4 aromatic rings. The molecule has 0 unspecified atom stereocenters. The van der Waals surface area contributed by atoms with E-state index in [9.17, 15) is 4.79 Å². The molecule has 0 bridgehead atoms. The summed E-state index contributed by atoms with van der Waals surface area (Å²) in [6.45, 7) is 1.13. The smallest absolute Gasteiger partial charge is 0.319 e. The van der Waals surface area contributed by atoms with E-state index in [0.717, 1.165) is 21.2 Å². The van der Waals surface area contributed by atoms with Gasteiger partial charge in [0, 0.05) is 37.0 Å². The minimum absolute atomic E-state index is 0.271. The molecular weight excluding hydrogens is 396 g/mol. The van der Waals surface area contributed by atoms with Crippen molar-refractivity contribution < 1.29 is 4.79 Å². The van der Waals surface area contributed by atoms with Gasteiger partial charge in [0.1, 0.15) is 10.1 Å². The van der Waals surface area contributed by atoms with Crippen molar-refractivity contribution in [2.75, 3.05) is 5.32 Å². The molecule has 0 saturated heterocycles. The first-order valence-corrected chi connectivity index (χ1v) is 10.2. The first-order valence-electron chi connectivity index (χ1n) is 9.40. The van der Waals surface area contributed by atoms with E-state index in [0.29, 0.717) is 18.8 Å². The normalized spacial score (nSPS) is 10.5. The number of nitrogens with one attached hydrogen (secondary N) is 2. The van der Waals surface area contributed by atoms with Crippen molar-refractivity contribution in [3.8, 4) is 0 Å². The number of pyridine rings is 2. The molecule has 0 radical (unpaired) electrons. The van der Waals surface area contributed by atoms with Crippen LogP contribution >= 0.6 is 11.8 Å². The third-order valence-electron chi connectivity index (χ3n) is 4.19. The van der Waals surface area contributed by atoms with Crippen molar-refractivity contribution >= 4 is 23.5 Å². The van der Waals surface area contributed by atoms with E-state index in [1.165, 1.54) is 11.8 Å². The Balaban J connectivity index is 1.31. The first-order chi connectivity index (χ1) is 14.7. The van der Waals surface area contributed by atoms with Gasteiger partial charge in [0.2, 0.25) is 0 Å². The number of aromatic nitrogens is 4. The van der Waals surface area contributed by atoms with Crippen molar-refractivity contribution in [1.29, 1.82) is 0 Å². The van der Waals surface area contributed by atoms with Gasteiger partial charge in [-0.25, -0.2) is 14.8 Å². The molecule has 3 heterocycles. The topological polar surface area (TPSA) is 84.7 Å². The van der Waals surface area contributed by atoms with Gasteiger partial charge in [0.15, 0.2) is 0 Å². The minimum atomic E-state index is -0.271. The Morgan fingerprint density at radius 2 is 1.80 bits per heavy atom. The molecule has 1 aromatic carbocycles. The van der Waals surface area contributed by atoms with Crippen LogP contribution in [0, 0.1) is 0 Å². The van der Waals surface area contributed by atoms with Crippen molar-refractivity contribution in [2.45, 2.75) is 23.1 Å². The SMILES string of the molecule is O=C(NCc1cccc(Cn2cccn2)c1)Nc1ccnc(Sc2ccccn2)c1. The maximum absolute atomic E-state index is 12.3. The van der Waals surface area contributed by atoms with Crippen molar-refractivity contribution in [3.63, 3.8) is 0 Å². The molecule has 30 heavy (non-hydrogen) atoms. The summed E-state index contributed by atoms with van der Waals surface area (Å²) in [5, 5.41) is 11.6. The summed E-state index contributed by atoms with van der Waals surface area (Å²) in [5.74, 6) is 0. The molecule has 0 fully saturated rings. The number of carbonyl (C=O) groups is 1. The molecule has 2 N–H and O–H groups in total. The van der Waals surface area contributed by atoms with Gasteiger partial charge in [-0.15, -0.1) is 0 Å². The molecule has 2 amide bonds. The fourth-order valence-corrected chi connectivity index (χ4v) is 3.61. The van der Waals surface area contributed by atoms with E-state index in [1.807, 2.05) is 59.4 Å². The van der Waals surface area contributed by atoms with Crippen LogP contribution in [-0.2, 0) is 13.1 Å². The second-order valence-electron chi connectivity index (χ2n) is 6.48. The lowest BCUT2D eigenvalue weighted by molar-refractivity contribution is 0.251. The second kappa shape index (κ2) is 9.71. The molecule has 7 nitrogen and oxygen atoms in total. The van der Waals surface area contributed by atoms with Crippen LogP contribution in [0.2, 0.25) is 0 Å². The zero-order chi connectivity index (χ0) is 20.6. The van der Waals surface area contributed by atoms with E-state index in [2.05, 4.69) is 31.8 Å². The van der Waals surface area contributed by atoms with Crippen LogP contribution in [0.3, 0.4) is 0 Å². The zero-order valence-electron chi connectivity index (χ0n) is 16.1. The van der Waals surface area contributed by atoms with Crippen LogP contribution < -0.4 is 10.6 Å². The predicted octanol–water partition coefficient (Wildman–Crippen LogP) is 4.19. The van der Waals surface area contributed by atoms with E-state index in [4.69, 9.17) is 0 Å². The molecule has 0 aliphatic carbocycles. The lowest BCUT2D eigenvalue weighted by Gasteiger charge is -2.10. The van der Waals surface area contributed by atoms with Gasteiger partial charge in [-0.05, 0) is 41.5 Å². The van der Waals surface area contributed by atoms with Crippen molar-refractivity contribution in [3.05, 3.63) is 96.6 Å². The number of urea groups is 1. The van der Waals surface area contributed by atoms with Gasteiger partial charge in [0.05, 0.1) is 6.54 Å². The van der Waals surface area contributed by atoms with Gasteiger partial charge >= 0.3 is 6.03 Å². The average molecular weight is 417 g/mol. The van der Waals surface area contributed by atoms with Gasteiger partial charge in [-0.1, -0.05) is 42.1 Å². The Bertz CT molecular complexity index is 1100. The third kappa shape index (κ3) is 5.68. The van der Waals surface area contributed by atoms with Crippen LogP contribution in [0.15, 0.2) is 95.5 Å². The van der Waals surface area contributed by atoms with Crippen LogP contribution in [0.5, 0.6) is 0 Å². The number of carbonyl (C=O) groups excluding carboxylic acids is 1. The molecular formula is C22H20N6OS. The van der Waals surface area contributed by atoms with E-state index in [-0.39, 0.29) is 6.03 Å². The highest BCUT2D eigenvalue weighted by molar-refractivity contribution is 7.99. The molecule has 4 rings (SSSR count). The number of hydrogen-bond acceptors (Lipinski definition) is 5. The van der Waals surface area contributed by atoms with Crippen molar-refractivity contribution in [2.24, 2.45) is 0 Å². The lowest BCUT2D eigenvalue weighted by Crippen LogP contribution is -2.28. The summed E-state index contributed by atoms with van der Waals surface area (Å²) < 4.78 is 1.86. The van der Waals surface area contributed by atoms with Crippen LogP contribution in [0.1, 0.15) is 11.1 Å². The highest BCUT2D eigenvalue weighted by Gasteiger charge is 2.06. The number of nitrogens with zero attached hydrogens (tertiary/aromatic N) is 4. The van der Waals surface area contributed by atoms with Gasteiger partial charge in [-0.2, -0.15) is 5.10 Å². The second-order valence-corrected chi connectivity index (χ2v) is 7.52. The maximum atomic E-state index is 12.3. The fourth-order valence-electron chi connectivity index (χ4n) is 2.83. The fraction of sp³-hybridized carbons (Fsp3) is 0.0909. The van der Waals surface area contributed by atoms with E-state index >= 15 is 0 Å². The summed E-state index contributed by atoms with van der Waals surface area (Å²) in [4.78, 5) is 20.9. The molecule has 0 aliphatic rings. The zero-order valence-corrected chi connectivity index (χ0v) is 16.9. The monoisotopic (exact) mass is 416 g/mol. The van der Waals surface area contributed by atoms with Gasteiger partial charge < -0.3 is 10.6 Å². The Kier molecular flexibility index (Phi) is 6.36. The predicted molar refractivity (Wildman–Crippen MR) is 116 cm³/mol. The van der Waals surface area contributed by atoms with Gasteiger partial charge in [-0.3, -0.25) is 4.68 Å². The number of benzene rings is 1. The Hall–Kier alpha value is -3.65. The lowest BCUT2D eigenvalue weighted by atomic mass is 10.1. The Morgan fingerprint density at radius 1 is 0.900 bits per heavy atom. The summed E-state index contributed by atoms with van der Waals surface area (Å²) in [6.07, 6.45) is 7.09. The maximum Gasteiger partial charge on any atom is 0.319 e. The number of amides is 2. The first kappa shape index (κ1) is 19.7. The average Bonchev–Trinajstić information content (AvgIpc) is 3.27. The third-order valence-corrected chi connectivity index (χ3v) is 5.07. The molecule has 0 spiro atoms. The molecule has 8 heteroatoms. The summed E-state index contributed by atoms with van der Waals surface area (Å²) >= 11 is 1.44. The molecule has 0 saturated carbocycles. The number of rotatable bonds is 7. The van der Waals surface area contributed by atoms with E-state index in [1.54, 1.807) is 24.7 Å². The molecule has 0 atom stereocenters. The number of hydrogen-bond donors (Lipinski definition) is 2. The minimum Gasteiger partial charge on any atom is -0.334 e. The summed E-state index contributed by atoms with van der Waals surface area (Å²) in [5.41, 5.74) is 2.83. The highest BCUT2D eigenvalue weighted by Crippen LogP contribution is 2.25. The van der Waals surface area contributed by atoms with Crippen LogP contribution in [-0.4, -0.2) is 25.8 Å². The summed E-state index contributed by atoms with van der Waals surface area (Å²) in [6, 6.07) is 19.0. The Labute approximate surface area is 178 Å². The number of anilines is 1. The molecule has 0 aliphatic heterocycles. The van der Waals surface area contributed by atoms with Gasteiger partial charge in [0.25, 0.3) is 0 Å². The standard InChI is InChI=1S/C22H20N6OS/c29-22(25-15-17-5-3-6-18(13-17)16-28-12-4-10-26-28)27-19-8-11-24-21(14-19)30-20-7-1-2-9-23-20/h1-14H,15-16H2,(H2,24,25,27,29).